The molecule has 1 unspecified atom stereocenters. The van der Waals surface area contributed by atoms with E-state index in [0.29, 0.717) is 0 Å². The third-order valence-corrected chi connectivity index (χ3v) is 1.69. The molecule has 0 spiro atoms. The van der Waals surface area contributed by atoms with Gasteiger partial charge < -0.3 is 5.11 Å². The number of halogens is 3. The SMILES string of the molecule is C#CC(C)(O)c1ccnc(C(F)(F)F)n1. The molecular formula is C9H7F3N2O. The molecule has 1 aromatic rings. The van der Waals surface area contributed by atoms with Gasteiger partial charge >= 0.3 is 6.18 Å². The van der Waals surface area contributed by atoms with Crippen LogP contribution >= 0.6 is 0 Å². The van der Waals surface area contributed by atoms with Crippen molar-refractivity contribution in [1.82, 2.24) is 9.97 Å². The highest BCUT2D eigenvalue weighted by Crippen LogP contribution is 2.27. The third-order valence-electron chi connectivity index (χ3n) is 1.69. The van der Waals surface area contributed by atoms with Crippen molar-refractivity contribution in [3.63, 3.8) is 0 Å². The molecule has 15 heavy (non-hydrogen) atoms. The largest absolute Gasteiger partial charge is 0.451 e. The Bertz CT molecular complexity index is 407. The predicted octanol–water partition coefficient (Wildman–Crippen LogP) is 1.34. The lowest BCUT2D eigenvalue weighted by atomic mass is 10.0. The number of hydrogen-bond donors (Lipinski definition) is 1. The molecule has 6 heteroatoms. The Morgan fingerprint density at radius 3 is 2.53 bits per heavy atom. The van der Waals surface area contributed by atoms with E-state index in [1.165, 1.54) is 6.92 Å². The molecule has 0 aliphatic carbocycles. The Balaban J connectivity index is 3.22. The van der Waals surface area contributed by atoms with E-state index in [0.717, 1.165) is 12.3 Å². The lowest BCUT2D eigenvalue weighted by Crippen LogP contribution is -2.23. The van der Waals surface area contributed by atoms with Crippen molar-refractivity contribution in [1.29, 1.82) is 0 Å². The van der Waals surface area contributed by atoms with Gasteiger partial charge in [0.05, 0.1) is 5.69 Å². The van der Waals surface area contributed by atoms with E-state index in [1.54, 1.807) is 0 Å². The van der Waals surface area contributed by atoms with E-state index in [2.05, 4.69) is 9.97 Å². The average Bonchev–Trinajstić information content (AvgIpc) is 2.17. The molecule has 1 aromatic heterocycles. The van der Waals surface area contributed by atoms with Crippen LogP contribution in [0.2, 0.25) is 0 Å². The van der Waals surface area contributed by atoms with Crippen molar-refractivity contribution in [2.75, 3.05) is 0 Å². The molecule has 0 amide bonds. The first-order valence-electron chi connectivity index (χ1n) is 3.88. The van der Waals surface area contributed by atoms with Crippen LogP contribution in [-0.2, 0) is 11.8 Å². The van der Waals surface area contributed by atoms with E-state index in [4.69, 9.17) is 6.42 Å². The molecule has 0 aliphatic rings. The molecule has 0 fully saturated rings. The Morgan fingerprint density at radius 1 is 1.47 bits per heavy atom. The molecule has 0 aromatic carbocycles. The van der Waals surface area contributed by atoms with Gasteiger partial charge in [-0.3, -0.25) is 0 Å². The zero-order valence-electron chi connectivity index (χ0n) is 7.71. The highest BCUT2D eigenvalue weighted by atomic mass is 19.4. The summed E-state index contributed by atoms with van der Waals surface area (Å²) in [5.74, 6) is 0.611. The molecule has 0 bridgehead atoms. The first-order chi connectivity index (χ1) is 6.77. The fourth-order valence-electron chi connectivity index (χ4n) is 0.840. The number of aliphatic hydroxyl groups is 1. The monoisotopic (exact) mass is 216 g/mol. The quantitative estimate of drug-likeness (QED) is 0.720. The Morgan fingerprint density at radius 2 is 2.07 bits per heavy atom. The van der Waals surface area contributed by atoms with Gasteiger partial charge in [0.25, 0.3) is 0 Å². The second-order valence-electron chi connectivity index (χ2n) is 2.98. The maximum atomic E-state index is 12.2. The van der Waals surface area contributed by atoms with Crippen LogP contribution in [0.4, 0.5) is 13.2 Å². The van der Waals surface area contributed by atoms with Crippen LogP contribution in [0.25, 0.3) is 0 Å². The summed E-state index contributed by atoms with van der Waals surface area (Å²) in [6, 6.07) is 1.13. The molecular weight excluding hydrogens is 209 g/mol. The minimum absolute atomic E-state index is 0.257. The van der Waals surface area contributed by atoms with Gasteiger partial charge in [0.2, 0.25) is 5.82 Å². The maximum Gasteiger partial charge on any atom is 0.451 e. The summed E-state index contributed by atoms with van der Waals surface area (Å²) >= 11 is 0. The van der Waals surface area contributed by atoms with Crippen molar-refractivity contribution in [2.24, 2.45) is 0 Å². The van der Waals surface area contributed by atoms with Gasteiger partial charge in [0.1, 0.15) is 0 Å². The molecule has 1 N–H and O–H groups in total. The predicted molar refractivity (Wildman–Crippen MR) is 45.4 cm³/mol. The number of alkyl halides is 3. The van der Waals surface area contributed by atoms with Crippen molar-refractivity contribution in [3.8, 4) is 12.3 Å². The van der Waals surface area contributed by atoms with Crippen LogP contribution in [0.3, 0.4) is 0 Å². The summed E-state index contributed by atoms with van der Waals surface area (Å²) < 4.78 is 36.6. The van der Waals surface area contributed by atoms with Gasteiger partial charge in [0.15, 0.2) is 5.60 Å². The third kappa shape index (κ3) is 2.44. The van der Waals surface area contributed by atoms with Gasteiger partial charge in [-0.15, -0.1) is 6.42 Å². The number of hydrogen-bond acceptors (Lipinski definition) is 3. The first-order valence-corrected chi connectivity index (χ1v) is 3.88. The first kappa shape index (κ1) is 11.5. The Labute approximate surface area is 84.0 Å². The molecule has 1 heterocycles. The number of terminal acetylenes is 1. The van der Waals surface area contributed by atoms with Crippen molar-refractivity contribution in [3.05, 3.63) is 23.8 Å². The molecule has 80 valence electrons. The second kappa shape index (κ2) is 3.51. The van der Waals surface area contributed by atoms with Crippen LogP contribution in [0.15, 0.2) is 12.3 Å². The Kier molecular flexibility index (Phi) is 2.69. The molecule has 0 aliphatic heterocycles. The summed E-state index contributed by atoms with van der Waals surface area (Å²) in [5.41, 5.74) is -2.09. The van der Waals surface area contributed by atoms with E-state index in [9.17, 15) is 18.3 Å². The van der Waals surface area contributed by atoms with Gasteiger partial charge in [0, 0.05) is 6.20 Å². The molecule has 1 rings (SSSR count). The number of rotatable bonds is 1. The van der Waals surface area contributed by atoms with Crippen molar-refractivity contribution >= 4 is 0 Å². The molecule has 3 nitrogen and oxygen atoms in total. The van der Waals surface area contributed by atoms with E-state index >= 15 is 0 Å². The minimum atomic E-state index is -4.65. The zero-order chi connectivity index (χ0) is 11.7. The number of aromatic nitrogens is 2. The average molecular weight is 216 g/mol. The van der Waals surface area contributed by atoms with E-state index < -0.39 is 17.6 Å². The summed E-state index contributed by atoms with van der Waals surface area (Å²) in [6.07, 6.45) is 1.20. The highest BCUT2D eigenvalue weighted by molar-refractivity contribution is 5.22. The van der Waals surface area contributed by atoms with Crippen molar-refractivity contribution < 1.29 is 18.3 Å². The highest BCUT2D eigenvalue weighted by Gasteiger charge is 2.36. The fraction of sp³-hybridized carbons (Fsp3) is 0.333. The summed E-state index contributed by atoms with van der Waals surface area (Å²) in [6.45, 7) is 1.18. The van der Waals surface area contributed by atoms with Crippen LogP contribution in [0.1, 0.15) is 18.4 Å². The maximum absolute atomic E-state index is 12.2. The van der Waals surface area contributed by atoms with Crippen molar-refractivity contribution in [2.45, 2.75) is 18.7 Å². The molecule has 0 radical (unpaired) electrons. The standard InChI is InChI=1S/C9H7F3N2O/c1-3-8(2,15)6-4-5-13-7(14-6)9(10,11)12/h1,4-5,15H,2H3. The molecule has 0 saturated carbocycles. The second-order valence-corrected chi connectivity index (χ2v) is 2.98. The Hall–Kier alpha value is -1.61. The van der Waals surface area contributed by atoms with E-state index in [-0.39, 0.29) is 5.69 Å². The topological polar surface area (TPSA) is 46.0 Å². The van der Waals surface area contributed by atoms with Gasteiger partial charge in [-0.2, -0.15) is 13.2 Å². The van der Waals surface area contributed by atoms with Crippen LogP contribution in [-0.4, -0.2) is 15.1 Å². The normalized spacial score (nSPS) is 15.5. The smallest absolute Gasteiger partial charge is 0.372 e. The van der Waals surface area contributed by atoms with Gasteiger partial charge in [-0.1, -0.05) is 5.92 Å². The van der Waals surface area contributed by atoms with E-state index in [1.807, 2.05) is 5.92 Å². The summed E-state index contributed by atoms with van der Waals surface area (Å²) in [5, 5.41) is 9.49. The summed E-state index contributed by atoms with van der Waals surface area (Å²) in [4.78, 5) is 6.20. The fourth-order valence-corrected chi connectivity index (χ4v) is 0.840. The lowest BCUT2D eigenvalue weighted by molar-refractivity contribution is -0.145. The zero-order valence-corrected chi connectivity index (χ0v) is 7.71. The molecule has 0 saturated heterocycles. The van der Waals surface area contributed by atoms with Crippen LogP contribution in [0.5, 0.6) is 0 Å². The minimum Gasteiger partial charge on any atom is -0.372 e. The number of nitrogens with zero attached hydrogens (tertiary/aromatic N) is 2. The summed E-state index contributed by atoms with van der Waals surface area (Å²) in [7, 11) is 0. The lowest BCUT2D eigenvalue weighted by Gasteiger charge is -2.16. The molecule has 1 atom stereocenters. The van der Waals surface area contributed by atoms with Crippen LogP contribution < -0.4 is 0 Å². The van der Waals surface area contributed by atoms with Gasteiger partial charge in [-0.25, -0.2) is 9.97 Å². The van der Waals surface area contributed by atoms with Crippen LogP contribution in [0, 0.1) is 12.3 Å². The van der Waals surface area contributed by atoms with Gasteiger partial charge in [-0.05, 0) is 13.0 Å².